The van der Waals surface area contributed by atoms with Gasteiger partial charge in [-0.15, -0.1) is 6.42 Å². The number of nitrogens with one attached hydrogen (secondary N) is 1. The van der Waals surface area contributed by atoms with Crippen LogP contribution in [-0.4, -0.2) is 12.6 Å². The molecule has 1 saturated carbocycles. The van der Waals surface area contributed by atoms with E-state index < -0.39 is 0 Å². The molecule has 0 saturated heterocycles. The van der Waals surface area contributed by atoms with E-state index in [0.29, 0.717) is 0 Å². The van der Waals surface area contributed by atoms with Crippen molar-refractivity contribution in [2.75, 3.05) is 6.54 Å². The van der Waals surface area contributed by atoms with Crippen LogP contribution in [0.2, 0.25) is 0 Å². The lowest BCUT2D eigenvalue weighted by Gasteiger charge is -2.21. The summed E-state index contributed by atoms with van der Waals surface area (Å²) in [6.45, 7) is 3.30. The first-order chi connectivity index (χ1) is 7.33. The van der Waals surface area contributed by atoms with Crippen molar-refractivity contribution in [2.24, 2.45) is 17.8 Å². The second kappa shape index (κ2) is 4.86. The number of fused-ring (bicyclic) bond motifs is 2. The van der Waals surface area contributed by atoms with Crippen LogP contribution in [-0.2, 0) is 0 Å². The summed E-state index contributed by atoms with van der Waals surface area (Å²) in [6.07, 6.45) is 15.3. The van der Waals surface area contributed by atoms with E-state index in [1.54, 1.807) is 0 Å². The summed E-state index contributed by atoms with van der Waals surface area (Å²) >= 11 is 0. The van der Waals surface area contributed by atoms with Crippen molar-refractivity contribution < 1.29 is 0 Å². The van der Waals surface area contributed by atoms with Gasteiger partial charge in [-0.05, 0) is 43.6 Å². The molecule has 0 aromatic rings. The molecule has 0 aliphatic heterocycles. The molecule has 0 heterocycles. The van der Waals surface area contributed by atoms with Gasteiger partial charge in [-0.2, -0.15) is 0 Å². The molecule has 2 rings (SSSR count). The molecule has 0 radical (unpaired) electrons. The van der Waals surface area contributed by atoms with Gasteiger partial charge in [-0.25, -0.2) is 0 Å². The van der Waals surface area contributed by atoms with E-state index in [-0.39, 0.29) is 6.04 Å². The van der Waals surface area contributed by atoms with E-state index in [1.165, 1.54) is 19.3 Å². The minimum atomic E-state index is 0.290. The molecule has 2 aliphatic carbocycles. The highest BCUT2D eigenvalue weighted by Gasteiger charge is 2.35. The molecule has 1 N–H and O–H groups in total. The Kier molecular flexibility index (Phi) is 3.49. The lowest BCUT2D eigenvalue weighted by molar-refractivity contribution is 0.396. The zero-order chi connectivity index (χ0) is 10.7. The van der Waals surface area contributed by atoms with Gasteiger partial charge in [0.05, 0.1) is 6.04 Å². The van der Waals surface area contributed by atoms with Gasteiger partial charge in [0, 0.05) is 0 Å². The number of hydrogen-bond acceptors (Lipinski definition) is 1. The molecule has 2 bridgehead atoms. The normalized spacial score (nSPS) is 34.3. The van der Waals surface area contributed by atoms with Crippen molar-refractivity contribution in [1.29, 1.82) is 0 Å². The Labute approximate surface area is 93.3 Å². The molecule has 4 atom stereocenters. The van der Waals surface area contributed by atoms with E-state index >= 15 is 0 Å². The second-order valence-corrected chi connectivity index (χ2v) is 4.96. The van der Waals surface area contributed by atoms with Crippen molar-refractivity contribution in [3.8, 4) is 12.3 Å². The Morgan fingerprint density at radius 3 is 2.87 bits per heavy atom. The maximum atomic E-state index is 5.49. The van der Waals surface area contributed by atoms with Crippen molar-refractivity contribution in [2.45, 2.75) is 38.6 Å². The summed E-state index contributed by atoms with van der Waals surface area (Å²) in [5.41, 5.74) is 0. The summed E-state index contributed by atoms with van der Waals surface area (Å²) in [5, 5.41) is 3.53. The summed E-state index contributed by atoms with van der Waals surface area (Å²) < 4.78 is 0. The fourth-order valence-corrected chi connectivity index (χ4v) is 2.96. The number of allylic oxidation sites excluding steroid dienone is 2. The quantitative estimate of drug-likeness (QED) is 0.535. The molecular formula is C14H21N. The standard InChI is InChI=1S/C14H21N/c1-3-5-14(4-2)15-10-13-9-11-6-7-12(13)8-11/h2,6-7,11-15H,3,5,8-10H2,1H3. The van der Waals surface area contributed by atoms with Crippen LogP contribution >= 0.6 is 0 Å². The van der Waals surface area contributed by atoms with Crippen LogP contribution in [0.1, 0.15) is 32.6 Å². The smallest absolute Gasteiger partial charge is 0.0686 e. The zero-order valence-corrected chi connectivity index (χ0v) is 9.58. The van der Waals surface area contributed by atoms with Gasteiger partial charge in [0.1, 0.15) is 0 Å². The largest absolute Gasteiger partial charge is 0.303 e. The van der Waals surface area contributed by atoms with Gasteiger partial charge >= 0.3 is 0 Å². The molecule has 0 aromatic carbocycles. The van der Waals surface area contributed by atoms with E-state index in [4.69, 9.17) is 6.42 Å². The Morgan fingerprint density at radius 2 is 2.33 bits per heavy atom. The molecule has 1 fully saturated rings. The first kappa shape index (κ1) is 10.8. The Balaban J connectivity index is 1.74. The first-order valence-corrected chi connectivity index (χ1v) is 6.21. The molecule has 82 valence electrons. The highest BCUT2D eigenvalue weighted by Crippen LogP contribution is 2.42. The minimum absolute atomic E-state index is 0.290. The van der Waals surface area contributed by atoms with Crippen LogP contribution in [0.25, 0.3) is 0 Å². The minimum Gasteiger partial charge on any atom is -0.303 e. The predicted octanol–water partition coefficient (Wildman–Crippen LogP) is 2.59. The van der Waals surface area contributed by atoms with Gasteiger partial charge in [0.2, 0.25) is 0 Å². The first-order valence-electron chi connectivity index (χ1n) is 6.21. The number of terminal acetylenes is 1. The van der Waals surface area contributed by atoms with E-state index in [9.17, 15) is 0 Å². The van der Waals surface area contributed by atoms with Crippen molar-refractivity contribution >= 4 is 0 Å². The van der Waals surface area contributed by atoms with Gasteiger partial charge in [-0.3, -0.25) is 0 Å². The molecule has 2 aliphatic rings. The molecule has 0 amide bonds. The van der Waals surface area contributed by atoms with Crippen molar-refractivity contribution in [1.82, 2.24) is 5.32 Å². The van der Waals surface area contributed by atoms with Crippen LogP contribution in [0.15, 0.2) is 12.2 Å². The predicted molar refractivity (Wildman–Crippen MR) is 64.4 cm³/mol. The van der Waals surface area contributed by atoms with E-state index in [2.05, 4.69) is 30.3 Å². The van der Waals surface area contributed by atoms with Gasteiger partial charge in [0.25, 0.3) is 0 Å². The third kappa shape index (κ3) is 2.44. The third-order valence-corrected chi connectivity index (χ3v) is 3.82. The lowest BCUT2D eigenvalue weighted by Crippen LogP contribution is -2.33. The van der Waals surface area contributed by atoms with Gasteiger partial charge in [-0.1, -0.05) is 31.4 Å². The lowest BCUT2D eigenvalue weighted by atomic mass is 9.93. The van der Waals surface area contributed by atoms with Crippen LogP contribution < -0.4 is 5.32 Å². The average Bonchev–Trinajstić information content (AvgIpc) is 2.85. The summed E-state index contributed by atoms with van der Waals surface area (Å²) in [7, 11) is 0. The maximum Gasteiger partial charge on any atom is 0.0686 e. The van der Waals surface area contributed by atoms with Crippen LogP contribution in [0.4, 0.5) is 0 Å². The zero-order valence-electron chi connectivity index (χ0n) is 9.58. The number of hydrogen-bond donors (Lipinski definition) is 1. The number of rotatable bonds is 5. The summed E-state index contributed by atoms with van der Waals surface area (Å²) in [4.78, 5) is 0. The van der Waals surface area contributed by atoms with Crippen molar-refractivity contribution in [3.05, 3.63) is 12.2 Å². The van der Waals surface area contributed by atoms with Crippen LogP contribution in [0.5, 0.6) is 0 Å². The topological polar surface area (TPSA) is 12.0 Å². The van der Waals surface area contributed by atoms with Gasteiger partial charge < -0.3 is 5.32 Å². The monoisotopic (exact) mass is 203 g/mol. The van der Waals surface area contributed by atoms with E-state index in [1.807, 2.05) is 0 Å². The van der Waals surface area contributed by atoms with E-state index in [0.717, 1.165) is 30.7 Å². The fraction of sp³-hybridized carbons (Fsp3) is 0.714. The third-order valence-electron chi connectivity index (χ3n) is 3.82. The Bertz CT molecular complexity index is 274. The molecule has 1 heteroatoms. The Hall–Kier alpha value is -0.740. The molecule has 4 unspecified atom stereocenters. The molecule has 0 aromatic heterocycles. The molecule has 0 spiro atoms. The molecular weight excluding hydrogens is 182 g/mol. The van der Waals surface area contributed by atoms with Crippen LogP contribution in [0, 0.1) is 30.1 Å². The van der Waals surface area contributed by atoms with Gasteiger partial charge in [0.15, 0.2) is 0 Å². The molecule has 1 nitrogen and oxygen atoms in total. The van der Waals surface area contributed by atoms with Crippen molar-refractivity contribution in [3.63, 3.8) is 0 Å². The van der Waals surface area contributed by atoms with Crippen LogP contribution in [0.3, 0.4) is 0 Å². The fourth-order valence-electron chi connectivity index (χ4n) is 2.96. The summed E-state index contributed by atoms with van der Waals surface area (Å²) in [5.74, 6) is 5.39. The Morgan fingerprint density at radius 1 is 1.47 bits per heavy atom. The SMILES string of the molecule is C#CC(CCC)NCC1CC2C=CC1C2. The highest BCUT2D eigenvalue weighted by molar-refractivity contribution is 5.10. The molecule has 15 heavy (non-hydrogen) atoms. The summed E-state index contributed by atoms with van der Waals surface area (Å²) in [6, 6.07) is 0.290. The average molecular weight is 203 g/mol. The second-order valence-electron chi connectivity index (χ2n) is 4.96. The highest BCUT2D eigenvalue weighted by atomic mass is 14.9. The maximum absolute atomic E-state index is 5.49.